The van der Waals surface area contributed by atoms with Crippen molar-refractivity contribution < 1.29 is 28.6 Å². The summed E-state index contributed by atoms with van der Waals surface area (Å²) < 4.78 is 16.9. The van der Waals surface area contributed by atoms with E-state index in [1.165, 1.54) is 167 Å². The van der Waals surface area contributed by atoms with Gasteiger partial charge in [0.25, 0.3) is 0 Å². The summed E-state index contributed by atoms with van der Waals surface area (Å²) in [4.78, 5) is 38.1. The standard InChI is InChI=1S/C75H128O6/c1-4-7-10-13-16-18-20-22-24-26-28-30-31-32-33-34-35-36-37-38-39-40-41-42-43-45-46-48-50-52-54-56-59-62-65-68-74(77)80-71-72(70-79-73(76)67-64-61-58-15-12-9-6-3)81-75(78)69-66-63-60-57-55-53-51-49-47-44-29-27-25-23-21-19-17-14-11-8-5-2/h7,10,16,18,21-24,27-30,32-33,35-36,47,49,72H,4-6,8-9,11-15,17,19-20,25-26,31,34,37-46,48,50-71H2,1-3H3/b10-7-,18-16-,23-21-,24-22-,29-27-,30-28-,33-32-,36-35-,49-47-. The minimum Gasteiger partial charge on any atom is -0.462 e. The maximum atomic E-state index is 12.9. The third-order valence-electron chi connectivity index (χ3n) is 14.8. The van der Waals surface area contributed by atoms with Crippen molar-refractivity contribution in [2.75, 3.05) is 13.2 Å². The van der Waals surface area contributed by atoms with E-state index in [0.717, 1.165) is 122 Å². The molecule has 0 rings (SSSR count). The molecule has 81 heavy (non-hydrogen) atoms. The van der Waals surface area contributed by atoms with E-state index in [-0.39, 0.29) is 31.1 Å². The molecule has 0 amide bonds. The molecule has 1 atom stereocenters. The van der Waals surface area contributed by atoms with Crippen LogP contribution in [0.4, 0.5) is 0 Å². The molecular weight excluding hydrogens is 997 g/mol. The van der Waals surface area contributed by atoms with E-state index in [4.69, 9.17) is 14.2 Å². The Kier molecular flexibility index (Phi) is 65.2. The average molecular weight is 1130 g/mol. The molecule has 0 aromatic carbocycles. The number of esters is 3. The maximum Gasteiger partial charge on any atom is 0.306 e. The first kappa shape index (κ1) is 77.1. The predicted octanol–water partition coefficient (Wildman–Crippen LogP) is 23.8. The highest BCUT2D eigenvalue weighted by Crippen LogP contribution is 2.17. The fourth-order valence-electron chi connectivity index (χ4n) is 9.63. The van der Waals surface area contributed by atoms with E-state index in [2.05, 4.69) is 130 Å². The van der Waals surface area contributed by atoms with Gasteiger partial charge in [-0.15, -0.1) is 0 Å². The van der Waals surface area contributed by atoms with Crippen molar-refractivity contribution in [3.05, 3.63) is 109 Å². The molecule has 0 aromatic heterocycles. The zero-order valence-corrected chi connectivity index (χ0v) is 53.3. The number of allylic oxidation sites excluding steroid dienone is 18. The van der Waals surface area contributed by atoms with Crippen molar-refractivity contribution in [2.45, 2.75) is 335 Å². The second kappa shape index (κ2) is 68.6. The van der Waals surface area contributed by atoms with Crippen molar-refractivity contribution in [3.8, 4) is 0 Å². The number of carbonyl (C=O) groups is 3. The largest absolute Gasteiger partial charge is 0.462 e. The molecule has 0 spiro atoms. The molecule has 464 valence electrons. The van der Waals surface area contributed by atoms with Crippen LogP contribution in [0.5, 0.6) is 0 Å². The Bertz CT molecular complexity index is 1620. The van der Waals surface area contributed by atoms with E-state index >= 15 is 0 Å². The zero-order valence-electron chi connectivity index (χ0n) is 53.3. The molecule has 0 saturated carbocycles. The minimum absolute atomic E-state index is 0.0803. The van der Waals surface area contributed by atoms with Gasteiger partial charge in [-0.3, -0.25) is 14.4 Å². The fourth-order valence-corrected chi connectivity index (χ4v) is 9.63. The SMILES string of the molecule is CC/C=C\C/C=C\C/C=C\C/C=C\C/C=C\C/C=C\CCCCCCCCCCCCCCCCCCC(=O)OCC(COC(=O)CCCCCCCCC)OC(=O)CCCCCCCC/C=C\C/C=C\C/C=C\CCCCCCC. The lowest BCUT2D eigenvalue weighted by Gasteiger charge is -2.18. The van der Waals surface area contributed by atoms with Crippen LogP contribution in [0.3, 0.4) is 0 Å². The number of hydrogen-bond acceptors (Lipinski definition) is 6. The molecule has 0 heterocycles. The highest BCUT2D eigenvalue weighted by molar-refractivity contribution is 5.71. The third kappa shape index (κ3) is 66.8. The Labute approximate surface area is 501 Å². The zero-order chi connectivity index (χ0) is 58.5. The quantitative estimate of drug-likeness (QED) is 0.0261. The number of rotatable bonds is 62. The van der Waals surface area contributed by atoms with Gasteiger partial charge >= 0.3 is 17.9 Å². The Morgan fingerprint density at radius 3 is 0.753 bits per heavy atom. The van der Waals surface area contributed by atoms with Crippen molar-refractivity contribution in [2.24, 2.45) is 0 Å². The van der Waals surface area contributed by atoms with Gasteiger partial charge in [0.2, 0.25) is 0 Å². The smallest absolute Gasteiger partial charge is 0.306 e. The maximum absolute atomic E-state index is 12.9. The van der Waals surface area contributed by atoms with Crippen molar-refractivity contribution in [1.82, 2.24) is 0 Å². The average Bonchev–Trinajstić information content (AvgIpc) is 3.47. The normalized spacial score (nSPS) is 12.8. The van der Waals surface area contributed by atoms with E-state index in [9.17, 15) is 14.4 Å². The lowest BCUT2D eigenvalue weighted by molar-refractivity contribution is -0.167. The molecule has 0 N–H and O–H groups in total. The van der Waals surface area contributed by atoms with Gasteiger partial charge in [-0.05, 0) is 109 Å². The topological polar surface area (TPSA) is 78.9 Å². The lowest BCUT2D eigenvalue weighted by Crippen LogP contribution is -2.30. The van der Waals surface area contributed by atoms with Crippen LogP contribution in [0, 0.1) is 0 Å². The Morgan fingerprint density at radius 1 is 0.259 bits per heavy atom. The highest BCUT2D eigenvalue weighted by atomic mass is 16.6. The van der Waals surface area contributed by atoms with Gasteiger partial charge < -0.3 is 14.2 Å². The molecule has 0 bridgehead atoms. The second-order valence-corrected chi connectivity index (χ2v) is 22.7. The summed E-state index contributed by atoms with van der Waals surface area (Å²) in [6.45, 7) is 6.49. The van der Waals surface area contributed by atoms with Crippen LogP contribution in [0.2, 0.25) is 0 Å². The molecule has 1 unspecified atom stereocenters. The third-order valence-corrected chi connectivity index (χ3v) is 14.8. The van der Waals surface area contributed by atoms with Gasteiger partial charge in [-0.2, -0.15) is 0 Å². The van der Waals surface area contributed by atoms with Gasteiger partial charge in [0, 0.05) is 19.3 Å². The van der Waals surface area contributed by atoms with Crippen LogP contribution in [-0.4, -0.2) is 37.2 Å². The van der Waals surface area contributed by atoms with Crippen molar-refractivity contribution in [1.29, 1.82) is 0 Å². The molecule has 6 heteroatoms. The van der Waals surface area contributed by atoms with Crippen LogP contribution in [0.15, 0.2) is 109 Å². The predicted molar refractivity (Wildman–Crippen MR) is 353 cm³/mol. The van der Waals surface area contributed by atoms with Crippen LogP contribution in [-0.2, 0) is 28.6 Å². The molecule has 6 nitrogen and oxygen atoms in total. The Morgan fingerprint density at radius 2 is 0.481 bits per heavy atom. The van der Waals surface area contributed by atoms with E-state index in [0.29, 0.717) is 19.3 Å². The fraction of sp³-hybridized carbons (Fsp3) is 0.720. The number of carbonyl (C=O) groups excluding carboxylic acids is 3. The van der Waals surface area contributed by atoms with Gasteiger partial charge in [0.05, 0.1) is 0 Å². The van der Waals surface area contributed by atoms with Crippen LogP contribution < -0.4 is 0 Å². The minimum atomic E-state index is -0.782. The Hall–Kier alpha value is -3.93. The molecule has 0 radical (unpaired) electrons. The van der Waals surface area contributed by atoms with Crippen LogP contribution in [0.25, 0.3) is 0 Å². The number of unbranched alkanes of at least 4 members (excludes halogenated alkanes) is 33. The summed E-state index contributed by atoms with van der Waals surface area (Å²) in [5.74, 6) is -0.889. The summed E-state index contributed by atoms with van der Waals surface area (Å²) in [7, 11) is 0. The molecule has 0 aliphatic carbocycles. The van der Waals surface area contributed by atoms with Gasteiger partial charge in [0.1, 0.15) is 13.2 Å². The molecule has 0 aliphatic heterocycles. The van der Waals surface area contributed by atoms with E-state index in [1.54, 1.807) is 0 Å². The Balaban J connectivity index is 4.06. The first-order chi connectivity index (χ1) is 40.0. The summed E-state index contributed by atoms with van der Waals surface area (Å²) in [5.41, 5.74) is 0. The summed E-state index contributed by atoms with van der Waals surface area (Å²) in [6, 6.07) is 0. The number of ether oxygens (including phenoxy) is 3. The first-order valence-corrected chi connectivity index (χ1v) is 34.4. The van der Waals surface area contributed by atoms with Gasteiger partial charge in [-0.1, -0.05) is 310 Å². The lowest BCUT2D eigenvalue weighted by atomic mass is 10.0. The van der Waals surface area contributed by atoms with Crippen molar-refractivity contribution >= 4 is 17.9 Å². The molecular formula is C75H128O6. The number of hydrogen-bond donors (Lipinski definition) is 0. The van der Waals surface area contributed by atoms with Crippen LogP contribution >= 0.6 is 0 Å². The van der Waals surface area contributed by atoms with E-state index in [1.807, 2.05) is 0 Å². The van der Waals surface area contributed by atoms with Crippen molar-refractivity contribution in [3.63, 3.8) is 0 Å². The first-order valence-electron chi connectivity index (χ1n) is 34.4. The summed E-state index contributed by atoms with van der Waals surface area (Å²) in [5, 5.41) is 0. The highest BCUT2D eigenvalue weighted by Gasteiger charge is 2.19. The summed E-state index contributed by atoms with van der Waals surface area (Å²) in [6.07, 6.45) is 94.3. The summed E-state index contributed by atoms with van der Waals surface area (Å²) >= 11 is 0. The monoisotopic (exact) mass is 1120 g/mol. The second-order valence-electron chi connectivity index (χ2n) is 22.7. The molecule has 0 aliphatic rings. The molecule has 0 fully saturated rings. The van der Waals surface area contributed by atoms with Crippen LogP contribution in [0.1, 0.15) is 329 Å². The van der Waals surface area contributed by atoms with E-state index < -0.39 is 6.10 Å². The van der Waals surface area contributed by atoms with Gasteiger partial charge in [-0.25, -0.2) is 0 Å². The molecule has 0 aromatic rings. The molecule has 0 saturated heterocycles. The van der Waals surface area contributed by atoms with Gasteiger partial charge in [0.15, 0.2) is 6.10 Å².